The number of hydrogen-bond donors (Lipinski definition) is 1. The average Bonchev–Trinajstić information content (AvgIpc) is 3.09. The Labute approximate surface area is 143 Å². The fourth-order valence-corrected chi connectivity index (χ4v) is 3.69. The number of likely N-dealkylation sites (tertiary alicyclic amines) is 2. The molecule has 3 rings (SSSR count). The molecule has 8 heteroatoms. The Bertz CT molecular complexity index is 819. The summed E-state index contributed by atoms with van der Waals surface area (Å²) in [5, 5.41) is 18.6. The molecule has 2 saturated heterocycles. The van der Waals surface area contributed by atoms with Crippen molar-refractivity contribution in [2.75, 3.05) is 26.2 Å². The van der Waals surface area contributed by atoms with E-state index in [2.05, 4.69) is 0 Å². The van der Waals surface area contributed by atoms with Crippen LogP contribution in [0.5, 0.6) is 0 Å². The molecule has 2 aliphatic heterocycles. The van der Waals surface area contributed by atoms with Crippen LogP contribution in [0.4, 0.5) is 4.39 Å². The molecule has 1 aromatic carbocycles. The van der Waals surface area contributed by atoms with E-state index < -0.39 is 29.0 Å². The van der Waals surface area contributed by atoms with Crippen LogP contribution in [0.15, 0.2) is 18.2 Å². The molecule has 7 nitrogen and oxygen atoms in total. The van der Waals surface area contributed by atoms with E-state index in [0.29, 0.717) is 6.54 Å². The molecule has 0 spiro atoms. The van der Waals surface area contributed by atoms with Crippen molar-refractivity contribution in [3.05, 3.63) is 35.1 Å². The van der Waals surface area contributed by atoms with Gasteiger partial charge in [0.2, 0.25) is 5.91 Å². The van der Waals surface area contributed by atoms with Gasteiger partial charge in [-0.3, -0.25) is 14.4 Å². The molecule has 0 aliphatic carbocycles. The summed E-state index contributed by atoms with van der Waals surface area (Å²) >= 11 is 0. The van der Waals surface area contributed by atoms with Gasteiger partial charge in [-0.15, -0.1) is 0 Å². The van der Waals surface area contributed by atoms with Crippen LogP contribution >= 0.6 is 0 Å². The first kappa shape index (κ1) is 16.9. The summed E-state index contributed by atoms with van der Waals surface area (Å²) in [6, 6.07) is 5.05. The van der Waals surface area contributed by atoms with E-state index in [1.165, 1.54) is 15.9 Å². The molecule has 2 heterocycles. The highest BCUT2D eigenvalue weighted by Gasteiger charge is 2.62. The van der Waals surface area contributed by atoms with Gasteiger partial charge in [0.05, 0.1) is 17.6 Å². The Morgan fingerprint density at radius 2 is 2.12 bits per heavy atom. The largest absolute Gasteiger partial charge is 0.481 e. The quantitative estimate of drug-likeness (QED) is 0.869. The lowest BCUT2D eigenvalue weighted by atomic mass is 9.81. The van der Waals surface area contributed by atoms with Crippen LogP contribution in [-0.4, -0.2) is 58.9 Å². The molecule has 130 valence electrons. The van der Waals surface area contributed by atoms with E-state index in [4.69, 9.17) is 5.26 Å². The zero-order valence-corrected chi connectivity index (χ0v) is 13.5. The number of halogens is 1. The van der Waals surface area contributed by atoms with Crippen LogP contribution in [0, 0.1) is 28.5 Å². The summed E-state index contributed by atoms with van der Waals surface area (Å²) in [6.07, 6.45) is 0. The molecule has 2 atom stereocenters. The van der Waals surface area contributed by atoms with Gasteiger partial charge in [-0.1, -0.05) is 0 Å². The van der Waals surface area contributed by atoms with Gasteiger partial charge in [-0.2, -0.15) is 5.26 Å². The average molecular weight is 345 g/mol. The molecule has 0 aromatic heterocycles. The van der Waals surface area contributed by atoms with E-state index in [0.717, 1.165) is 12.1 Å². The minimum absolute atomic E-state index is 0.00363. The maximum atomic E-state index is 13.6. The number of rotatable bonds is 3. The number of hydrogen-bond acceptors (Lipinski definition) is 4. The number of aliphatic carboxylic acids is 1. The van der Waals surface area contributed by atoms with E-state index >= 15 is 0 Å². The molecule has 0 bridgehead atoms. The first-order valence-corrected chi connectivity index (χ1v) is 7.84. The number of carbonyl (C=O) groups excluding carboxylic acids is 2. The smallest absolute Gasteiger partial charge is 0.314 e. The highest BCUT2D eigenvalue weighted by atomic mass is 19.1. The molecular weight excluding hydrogens is 329 g/mol. The summed E-state index contributed by atoms with van der Waals surface area (Å²) < 4.78 is 13.6. The van der Waals surface area contributed by atoms with Gasteiger partial charge in [-0.05, 0) is 25.1 Å². The standard InChI is InChI=1S/C17H16FN3O4/c1-2-20-8-17(16(24)25)9-21(7-13(17)15(20)23)14(22)11-3-10(6-19)4-12(18)5-11/h3-5,13H,2,7-9H2,1H3,(H,24,25)/t13-,17+/m1/s1. The van der Waals surface area contributed by atoms with Crippen molar-refractivity contribution in [1.82, 2.24) is 9.80 Å². The van der Waals surface area contributed by atoms with Crippen LogP contribution in [0.3, 0.4) is 0 Å². The summed E-state index contributed by atoms with van der Waals surface area (Å²) in [4.78, 5) is 39.7. The molecule has 25 heavy (non-hydrogen) atoms. The Morgan fingerprint density at radius 1 is 1.40 bits per heavy atom. The Kier molecular flexibility index (Phi) is 3.95. The van der Waals surface area contributed by atoms with Gasteiger partial charge in [-0.25, -0.2) is 4.39 Å². The summed E-state index contributed by atoms with van der Waals surface area (Å²) in [7, 11) is 0. The monoisotopic (exact) mass is 345 g/mol. The lowest BCUT2D eigenvalue weighted by molar-refractivity contribution is -0.149. The Hall–Kier alpha value is -2.95. The first-order chi connectivity index (χ1) is 11.8. The number of carboxylic acid groups (broad SMARTS) is 1. The number of carboxylic acids is 1. The number of benzene rings is 1. The second-order valence-electron chi connectivity index (χ2n) is 6.39. The molecule has 0 unspecified atom stereocenters. The second-order valence-corrected chi connectivity index (χ2v) is 6.39. The van der Waals surface area contributed by atoms with E-state index in [9.17, 15) is 23.9 Å². The van der Waals surface area contributed by atoms with E-state index in [1.807, 2.05) is 0 Å². The minimum Gasteiger partial charge on any atom is -0.481 e. The lowest BCUT2D eigenvalue weighted by Crippen LogP contribution is -2.42. The van der Waals surface area contributed by atoms with E-state index in [1.54, 1.807) is 13.0 Å². The van der Waals surface area contributed by atoms with Crippen molar-refractivity contribution >= 4 is 17.8 Å². The Balaban J connectivity index is 1.91. The molecule has 1 N–H and O–H groups in total. The van der Waals surface area contributed by atoms with Crippen molar-refractivity contribution in [2.45, 2.75) is 6.92 Å². The van der Waals surface area contributed by atoms with Gasteiger partial charge >= 0.3 is 5.97 Å². The second kappa shape index (κ2) is 5.84. The van der Waals surface area contributed by atoms with Crippen molar-refractivity contribution in [3.63, 3.8) is 0 Å². The number of amides is 2. The fourth-order valence-electron chi connectivity index (χ4n) is 3.69. The molecule has 2 amide bonds. The molecule has 2 aliphatic rings. The highest BCUT2D eigenvalue weighted by Crippen LogP contribution is 2.44. The van der Waals surface area contributed by atoms with Crippen LogP contribution in [0.2, 0.25) is 0 Å². The Morgan fingerprint density at radius 3 is 2.68 bits per heavy atom. The minimum atomic E-state index is -1.34. The third-order valence-electron chi connectivity index (χ3n) is 4.99. The normalized spacial score (nSPS) is 25.0. The molecule has 2 fully saturated rings. The van der Waals surface area contributed by atoms with Gasteiger partial charge in [0.15, 0.2) is 0 Å². The number of nitrogens with zero attached hydrogens (tertiary/aromatic N) is 3. The zero-order valence-electron chi connectivity index (χ0n) is 13.5. The van der Waals surface area contributed by atoms with Crippen molar-refractivity contribution in [2.24, 2.45) is 11.3 Å². The molecule has 0 radical (unpaired) electrons. The number of nitriles is 1. The highest BCUT2D eigenvalue weighted by molar-refractivity contribution is 5.98. The number of carbonyl (C=O) groups is 3. The van der Waals surface area contributed by atoms with Crippen LogP contribution < -0.4 is 0 Å². The van der Waals surface area contributed by atoms with Gasteiger partial charge in [0.1, 0.15) is 11.2 Å². The SMILES string of the molecule is CCN1C[C@]2(C(=O)O)CN(C(=O)c3cc(F)cc(C#N)c3)C[C@@H]2C1=O. The third kappa shape index (κ3) is 2.52. The lowest BCUT2D eigenvalue weighted by Gasteiger charge is -2.24. The van der Waals surface area contributed by atoms with E-state index in [-0.39, 0.29) is 36.7 Å². The topological polar surface area (TPSA) is 102 Å². The molecule has 1 aromatic rings. The van der Waals surface area contributed by atoms with Gasteiger partial charge in [0, 0.05) is 31.7 Å². The molecule has 0 saturated carbocycles. The summed E-state index contributed by atoms with van der Waals surface area (Å²) in [5.74, 6) is -3.51. The van der Waals surface area contributed by atoms with Crippen molar-refractivity contribution < 1.29 is 23.9 Å². The first-order valence-electron chi connectivity index (χ1n) is 7.84. The maximum Gasteiger partial charge on any atom is 0.314 e. The number of fused-ring (bicyclic) bond motifs is 1. The van der Waals surface area contributed by atoms with Gasteiger partial charge < -0.3 is 14.9 Å². The van der Waals surface area contributed by atoms with Crippen molar-refractivity contribution in [1.29, 1.82) is 5.26 Å². The predicted octanol–water partition coefficient (Wildman–Crippen LogP) is 0.702. The molecular formula is C17H16FN3O4. The van der Waals surface area contributed by atoms with Crippen LogP contribution in [0.1, 0.15) is 22.8 Å². The predicted molar refractivity (Wildman–Crippen MR) is 82.8 cm³/mol. The van der Waals surface area contributed by atoms with Crippen LogP contribution in [-0.2, 0) is 9.59 Å². The third-order valence-corrected chi connectivity index (χ3v) is 4.99. The fraction of sp³-hybridized carbons (Fsp3) is 0.412. The zero-order chi connectivity index (χ0) is 18.4. The summed E-state index contributed by atoms with van der Waals surface area (Å²) in [5.41, 5.74) is -1.37. The maximum absolute atomic E-state index is 13.6. The van der Waals surface area contributed by atoms with Gasteiger partial charge in [0.25, 0.3) is 5.91 Å². The van der Waals surface area contributed by atoms with Crippen molar-refractivity contribution in [3.8, 4) is 6.07 Å². The van der Waals surface area contributed by atoms with Crippen LogP contribution in [0.25, 0.3) is 0 Å². The summed E-state index contributed by atoms with van der Waals surface area (Å²) in [6.45, 7) is 2.09.